The van der Waals surface area contributed by atoms with Crippen molar-refractivity contribution in [3.8, 4) is 5.75 Å². The summed E-state index contributed by atoms with van der Waals surface area (Å²) >= 11 is 0. The van der Waals surface area contributed by atoms with Crippen LogP contribution in [0.3, 0.4) is 0 Å². The Morgan fingerprint density at radius 2 is 2.30 bits per heavy atom. The number of hydrogen-bond acceptors (Lipinski definition) is 4. The Bertz CT molecular complexity index is 627. The molecule has 0 bridgehead atoms. The van der Waals surface area contributed by atoms with E-state index in [1.165, 1.54) is 30.3 Å². The average molecular weight is 278 g/mol. The number of carbonyl (C=O) groups excluding carboxylic acids is 1. The van der Waals surface area contributed by atoms with E-state index in [0.29, 0.717) is 5.56 Å². The van der Waals surface area contributed by atoms with E-state index >= 15 is 0 Å². The molecular formula is C13H15FN4O2. The molecule has 1 amide bonds. The summed E-state index contributed by atoms with van der Waals surface area (Å²) in [6.45, 7) is 0.248. The number of aromatic nitrogens is 2. The molecule has 0 aliphatic carbocycles. The van der Waals surface area contributed by atoms with Crippen molar-refractivity contribution in [2.75, 3.05) is 19.9 Å². The van der Waals surface area contributed by atoms with Crippen LogP contribution in [0.1, 0.15) is 16.1 Å². The van der Waals surface area contributed by atoms with Crippen molar-refractivity contribution in [2.24, 2.45) is 0 Å². The minimum Gasteiger partial charge on any atom is -0.494 e. The van der Waals surface area contributed by atoms with E-state index in [-0.39, 0.29) is 29.6 Å². The van der Waals surface area contributed by atoms with Crippen LogP contribution in [0, 0.1) is 5.82 Å². The van der Waals surface area contributed by atoms with Gasteiger partial charge in [-0.3, -0.25) is 9.89 Å². The molecule has 3 N–H and O–H groups in total. The predicted molar refractivity (Wildman–Crippen MR) is 71.7 cm³/mol. The number of hydrogen-bond donors (Lipinski definition) is 2. The second-order valence-electron chi connectivity index (χ2n) is 4.33. The molecule has 106 valence electrons. The molecule has 7 heteroatoms. The average Bonchev–Trinajstić information content (AvgIpc) is 2.84. The van der Waals surface area contributed by atoms with Gasteiger partial charge >= 0.3 is 0 Å². The lowest BCUT2D eigenvalue weighted by Crippen LogP contribution is -2.27. The number of nitrogens with zero attached hydrogens (tertiary/aromatic N) is 2. The van der Waals surface area contributed by atoms with E-state index in [9.17, 15) is 9.18 Å². The number of benzene rings is 1. The van der Waals surface area contributed by atoms with Crippen LogP contribution in [-0.4, -0.2) is 35.2 Å². The Hall–Kier alpha value is -2.57. The number of carbonyl (C=O) groups is 1. The van der Waals surface area contributed by atoms with Crippen LogP contribution in [0.5, 0.6) is 5.75 Å². The van der Waals surface area contributed by atoms with Crippen molar-refractivity contribution >= 4 is 11.6 Å². The van der Waals surface area contributed by atoms with Gasteiger partial charge in [-0.05, 0) is 17.7 Å². The van der Waals surface area contributed by atoms with Crippen molar-refractivity contribution in [3.05, 3.63) is 41.5 Å². The van der Waals surface area contributed by atoms with Gasteiger partial charge in [0.05, 0.1) is 19.0 Å². The summed E-state index contributed by atoms with van der Waals surface area (Å²) < 4.78 is 18.4. The largest absolute Gasteiger partial charge is 0.494 e. The Balaban J connectivity index is 2.12. The Morgan fingerprint density at radius 3 is 2.85 bits per heavy atom. The van der Waals surface area contributed by atoms with Gasteiger partial charge in [-0.25, -0.2) is 4.39 Å². The molecule has 0 unspecified atom stereocenters. The maximum Gasteiger partial charge on any atom is 0.274 e. The molecule has 2 rings (SSSR count). The van der Waals surface area contributed by atoms with Gasteiger partial charge in [0.1, 0.15) is 5.69 Å². The van der Waals surface area contributed by atoms with Crippen molar-refractivity contribution in [1.82, 2.24) is 15.1 Å². The molecule has 1 aromatic heterocycles. The minimum absolute atomic E-state index is 0.167. The van der Waals surface area contributed by atoms with Crippen LogP contribution in [0.2, 0.25) is 0 Å². The van der Waals surface area contributed by atoms with Gasteiger partial charge in [0, 0.05) is 13.6 Å². The quantitative estimate of drug-likeness (QED) is 0.885. The summed E-state index contributed by atoms with van der Waals surface area (Å²) in [6.07, 6.45) is 1.37. The molecule has 2 aromatic rings. The highest BCUT2D eigenvalue weighted by molar-refractivity contribution is 5.96. The van der Waals surface area contributed by atoms with Gasteiger partial charge in [0.25, 0.3) is 5.91 Å². The summed E-state index contributed by atoms with van der Waals surface area (Å²) in [7, 11) is 3.00. The lowest BCUT2D eigenvalue weighted by Gasteiger charge is -2.17. The maximum atomic E-state index is 13.6. The molecular weight excluding hydrogens is 263 g/mol. The van der Waals surface area contributed by atoms with Gasteiger partial charge in [-0.15, -0.1) is 0 Å². The third-order valence-corrected chi connectivity index (χ3v) is 2.87. The number of nitrogens with one attached hydrogen (secondary N) is 1. The molecule has 1 aromatic carbocycles. The zero-order chi connectivity index (χ0) is 14.7. The topological polar surface area (TPSA) is 84.2 Å². The third kappa shape index (κ3) is 2.71. The molecule has 0 aliphatic heterocycles. The molecule has 0 saturated carbocycles. The second-order valence-corrected chi connectivity index (χ2v) is 4.33. The van der Waals surface area contributed by atoms with Gasteiger partial charge in [-0.2, -0.15) is 5.10 Å². The molecule has 0 radical (unpaired) electrons. The lowest BCUT2D eigenvalue weighted by molar-refractivity contribution is 0.0780. The normalized spacial score (nSPS) is 10.3. The molecule has 0 aliphatic rings. The summed E-state index contributed by atoms with van der Waals surface area (Å²) in [4.78, 5) is 13.5. The smallest absolute Gasteiger partial charge is 0.274 e. The molecule has 1 heterocycles. The van der Waals surface area contributed by atoms with Crippen molar-refractivity contribution in [1.29, 1.82) is 0 Å². The van der Waals surface area contributed by atoms with Crippen molar-refractivity contribution in [2.45, 2.75) is 6.54 Å². The van der Waals surface area contributed by atoms with Gasteiger partial charge in [-0.1, -0.05) is 6.07 Å². The molecule has 6 nitrogen and oxygen atoms in total. The third-order valence-electron chi connectivity index (χ3n) is 2.87. The van der Waals surface area contributed by atoms with Crippen LogP contribution in [0.15, 0.2) is 24.4 Å². The van der Waals surface area contributed by atoms with Crippen LogP contribution >= 0.6 is 0 Å². The van der Waals surface area contributed by atoms with Crippen LogP contribution in [0.4, 0.5) is 10.1 Å². The Kier molecular flexibility index (Phi) is 3.88. The molecule has 0 spiro atoms. The monoisotopic (exact) mass is 278 g/mol. The molecule has 0 saturated heterocycles. The van der Waals surface area contributed by atoms with E-state index in [4.69, 9.17) is 10.5 Å². The fraction of sp³-hybridized carbons (Fsp3) is 0.231. The summed E-state index contributed by atoms with van der Waals surface area (Å²) in [5.41, 5.74) is 6.77. The lowest BCUT2D eigenvalue weighted by atomic mass is 10.2. The first-order valence-electron chi connectivity index (χ1n) is 5.89. The number of methoxy groups -OCH3 is 1. The number of aromatic amines is 1. The van der Waals surface area contributed by atoms with Gasteiger partial charge in [0.15, 0.2) is 11.6 Å². The van der Waals surface area contributed by atoms with Crippen molar-refractivity contribution in [3.63, 3.8) is 0 Å². The zero-order valence-electron chi connectivity index (χ0n) is 11.2. The highest BCUT2D eigenvalue weighted by Gasteiger charge is 2.17. The standard InChI is InChI=1S/C13H15FN4O2/c1-18(13(19)12-10(15)6-16-17-12)7-8-3-4-11(20-2)9(14)5-8/h3-6H,7,15H2,1-2H3,(H,16,17). The Morgan fingerprint density at radius 1 is 1.55 bits per heavy atom. The first-order valence-corrected chi connectivity index (χ1v) is 5.89. The number of nitrogens with two attached hydrogens (primary N) is 1. The van der Waals surface area contributed by atoms with E-state index < -0.39 is 5.82 Å². The van der Waals surface area contributed by atoms with Crippen molar-refractivity contribution < 1.29 is 13.9 Å². The number of rotatable bonds is 4. The highest BCUT2D eigenvalue weighted by Crippen LogP contribution is 2.19. The maximum absolute atomic E-state index is 13.6. The number of anilines is 1. The SMILES string of the molecule is COc1ccc(CN(C)C(=O)c2[nH]ncc2N)cc1F. The highest BCUT2D eigenvalue weighted by atomic mass is 19.1. The number of H-pyrrole nitrogens is 1. The zero-order valence-corrected chi connectivity index (χ0v) is 11.2. The number of ether oxygens (including phenoxy) is 1. The number of nitrogen functional groups attached to an aromatic ring is 1. The summed E-state index contributed by atoms with van der Waals surface area (Å²) in [6, 6.07) is 4.55. The summed E-state index contributed by atoms with van der Waals surface area (Å²) in [5, 5.41) is 6.24. The van der Waals surface area contributed by atoms with Gasteiger partial charge < -0.3 is 15.4 Å². The fourth-order valence-corrected chi connectivity index (χ4v) is 1.81. The first-order chi connectivity index (χ1) is 9.52. The Labute approximate surface area is 115 Å². The molecule has 0 atom stereocenters. The first kappa shape index (κ1) is 13.9. The van der Waals surface area contributed by atoms with E-state index in [1.807, 2.05) is 0 Å². The fourth-order valence-electron chi connectivity index (χ4n) is 1.81. The number of amides is 1. The summed E-state index contributed by atoms with van der Waals surface area (Å²) in [5.74, 6) is -0.608. The van der Waals surface area contributed by atoms with Crippen LogP contribution in [-0.2, 0) is 6.54 Å². The van der Waals surface area contributed by atoms with Crippen LogP contribution in [0.25, 0.3) is 0 Å². The minimum atomic E-state index is -0.466. The van der Waals surface area contributed by atoms with E-state index in [1.54, 1.807) is 13.1 Å². The van der Waals surface area contributed by atoms with E-state index in [2.05, 4.69) is 10.2 Å². The van der Waals surface area contributed by atoms with Gasteiger partial charge in [0.2, 0.25) is 0 Å². The second kappa shape index (κ2) is 5.60. The van der Waals surface area contributed by atoms with E-state index in [0.717, 1.165) is 0 Å². The number of halogens is 1. The molecule has 0 fully saturated rings. The molecule has 20 heavy (non-hydrogen) atoms. The van der Waals surface area contributed by atoms with Crippen LogP contribution < -0.4 is 10.5 Å². The predicted octanol–water partition coefficient (Wildman–Crippen LogP) is 1.41.